The summed E-state index contributed by atoms with van der Waals surface area (Å²) in [7, 11) is 1.69. The lowest BCUT2D eigenvalue weighted by molar-refractivity contribution is 0.122. The minimum absolute atomic E-state index is 0.749. The second-order valence-electron chi connectivity index (χ2n) is 6.22. The number of pyridine rings is 1. The molecule has 1 aromatic carbocycles. The molecule has 1 aliphatic rings. The van der Waals surface area contributed by atoms with Gasteiger partial charge in [-0.05, 0) is 31.2 Å². The van der Waals surface area contributed by atoms with Crippen molar-refractivity contribution in [2.24, 2.45) is 0 Å². The predicted octanol–water partition coefficient (Wildman–Crippen LogP) is 3.40. The molecule has 1 saturated heterocycles. The molecule has 0 aliphatic carbocycles. The number of hydrogen-bond acceptors (Lipinski definition) is 6. The van der Waals surface area contributed by atoms with Gasteiger partial charge in [0.15, 0.2) is 5.16 Å². The molecule has 0 saturated carbocycles. The fourth-order valence-electron chi connectivity index (χ4n) is 3.12. The summed E-state index contributed by atoms with van der Waals surface area (Å²) in [6.07, 6.45) is 1.79. The van der Waals surface area contributed by atoms with E-state index in [4.69, 9.17) is 14.5 Å². The minimum Gasteiger partial charge on any atom is -0.496 e. The van der Waals surface area contributed by atoms with Crippen LogP contribution in [0.25, 0.3) is 11.0 Å². The number of nitrogens with zero attached hydrogens (tertiary/aromatic N) is 3. The number of aromatic nitrogens is 3. The summed E-state index contributed by atoms with van der Waals surface area (Å²) in [5.41, 5.74) is 5.36. The number of fused-ring (bicyclic) bond motifs is 1. The fourth-order valence-corrected chi connectivity index (χ4v) is 4.03. The van der Waals surface area contributed by atoms with Crippen LogP contribution in [0.1, 0.15) is 11.3 Å². The van der Waals surface area contributed by atoms with E-state index in [-0.39, 0.29) is 0 Å². The van der Waals surface area contributed by atoms with E-state index >= 15 is 0 Å². The highest BCUT2D eigenvalue weighted by molar-refractivity contribution is 7.98. The molecule has 1 N–H and O–H groups in total. The summed E-state index contributed by atoms with van der Waals surface area (Å²) in [4.78, 5) is 14.9. The molecule has 136 valence electrons. The van der Waals surface area contributed by atoms with Crippen LogP contribution in [-0.2, 0) is 10.5 Å². The maximum atomic E-state index is 5.43. The largest absolute Gasteiger partial charge is 0.496 e. The first-order valence-corrected chi connectivity index (χ1v) is 9.67. The van der Waals surface area contributed by atoms with Gasteiger partial charge in [0.1, 0.15) is 5.75 Å². The quantitative estimate of drug-likeness (QED) is 0.695. The summed E-state index contributed by atoms with van der Waals surface area (Å²) in [6, 6.07) is 8.27. The van der Waals surface area contributed by atoms with Crippen LogP contribution in [0.4, 0.5) is 5.69 Å². The monoisotopic (exact) mass is 370 g/mol. The van der Waals surface area contributed by atoms with E-state index in [0.29, 0.717) is 0 Å². The molecule has 0 bridgehead atoms. The number of nitrogens with one attached hydrogen (secondary N) is 1. The van der Waals surface area contributed by atoms with Gasteiger partial charge >= 0.3 is 0 Å². The van der Waals surface area contributed by atoms with Gasteiger partial charge < -0.3 is 19.4 Å². The van der Waals surface area contributed by atoms with Crippen molar-refractivity contribution in [1.29, 1.82) is 0 Å². The molecule has 3 heterocycles. The van der Waals surface area contributed by atoms with E-state index in [0.717, 1.165) is 65.3 Å². The van der Waals surface area contributed by atoms with Crippen LogP contribution in [0.2, 0.25) is 0 Å². The number of H-pyrrole nitrogens is 1. The Morgan fingerprint density at radius 2 is 2.12 bits per heavy atom. The van der Waals surface area contributed by atoms with Gasteiger partial charge in [-0.2, -0.15) is 0 Å². The van der Waals surface area contributed by atoms with Gasteiger partial charge in [-0.1, -0.05) is 11.8 Å². The van der Waals surface area contributed by atoms with Crippen LogP contribution >= 0.6 is 11.8 Å². The number of aromatic amines is 1. The average Bonchev–Trinajstić information content (AvgIpc) is 3.10. The molecule has 3 aromatic rings. The molecule has 0 radical (unpaired) electrons. The zero-order valence-electron chi connectivity index (χ0n) is 15.0. The van der Waals surface area contributed by atoms with Gasteiger partial charge in [0.05, 0.1) is 37.1 Å². The zero-order chi connectivity index (χ0) is 17.9. The Hall–Kier alpha value is -2.25. The Morgan fingerprint density at radius 1 is 1.27 bits per heavy atom. The second-order valence-corrected chi connectivity index (χ2v) is 7.18. The van der Waals surface area contributed by atoms with Gasteiger partial charge in [0, 0.05) is 36.3 Å². The van der Waals surface area contributed by atoms with Gasteiger partial charge in [-0.25, -0.2) is 4.98 Å². The van der Waals surface area contributed by atoms with Crippen LogP contribution in [0.5, 0.6) is 5.75 Å². The van der Waals surface area contributed by atoms with E-state index in [1.807, 2.05) is 13.0 Å². The van der Waals surface area contributed by atoms with Crippen molar-refractivity contribution in [3.8, 4) is 5.75 Å². The second kappa shape index (κ2) is 7.55. The number of thioether (sulfide) groups is 1. The Balaban J connectivity index is 1.50. The number of morpholine rings is 1. The lowest BCUT2D eigenvalue weighted by atomic mass is 10.2. The van der Waals surface area contributed by atoms with Crippen molar-refractivity contribution in [3.05, 3.63) is 41.7 Å². The Morgan fingerprint density at radius 3 is 2.92 bits per heavy atom. The molecule has 4 rings (SSSR count). The summed E-state index contributed by atoms with van der Waals surface area (Å²) in [5.74, 6) is 1.62. The molecular formula is C19H22N4O2S. The highest BCUT2D eigenvalue weighted by Gasteiger charge is 2.13. The summed E-state index contributed by atoms with van der Waals surface area (Å²) in [6.45, 7) is 5.48. The number of hydrogen-bond donors (Lipinski definition) is 1. The Bertz CT molecular complexity index is 906. The SMILES string of the molecule is COc1ccnc(CSc2nc3ccc(N4CCOCC4)cc3[nH]2)c1C. The van der Waals surface area contributed by atoms with Crippen molar-refractivity contribution >= 4 is 28.5 Å². The van der Waals surface area contributed by atoms with Crippen LogP contribution in [0.15, 0.2) is 35.6 Å². The summed E-state index contributed by atoms with van der Waals surface area (Å²) in [5, 5.41) is 0.906. The first kappa shape index (κ1) is 17.2. The Labute approximate surface area is 156 Å². The molecule has 0 amide bonds. The number of methoxy groups -OCH3 is 1. The number of ether oxygens (including phenoxy) is 2. The average molecular weight is 370 g/mol. The summed E-state index contributed by atoms with van der Waals surface area (Å²) >= 11 is 1.66. The van der Waals surface area contributed by atoms with Gasteiger partial charge in [-0.3, -0.25) is 4.98 Å². The highest BCUT2D eigenvalue weighted by atomic mass is 32.2. The van der Waals surface area contributed by atoms with Crippen LogP contribution in [-0.4, -0.2) is 48.4 Å². The maximum absolute atomic E-state index is 5.43. The first-order chi connectivity index (χ1) is 12.7. The van der Waals surface area contributed by atoms with Crippen molar-refractivity contribution in [1.82, 2.24) is 15.0 Å². The maximum Gasteiger partial charge on any atom is 0.166 e. The van der Waals surface area contributed by atoms with E-state index in [1.165, 1.54) is 5.69 Å². The molecule has 1 fully saturated rings. The van der Waals surface area contributed by atoms with E-state index in [2.05, 4.69) is 33.1 Å². The lowest BCUT2D eigenvalue weighted by Crippen LogP contribution is -2.36. The van der Waals surface area contributed by atoms with Gasteiger partial charge in [-0.15, -0.1) is 0 Å². The van der Waals surface area contributed by atoms with E-state index in [9.17, 15) is 0 Å². The number of benzene rings is 1. The number of rotatable bonds is 5. The fraction of sp³-hybridized carbons (Fsp3) is 0.368. The molecule has 0 spiro atoms. The van der Waals surface area contributed by atoms with Crippen molar-refractivity contribution in [3.63, 3.8) is 0 Å². The predicted molar refractivity (Wildman–Crippen MR) is 104 cm³/mol. The molecule has 2 aromatic heterocycles. The third-order valence-corrected chi connectivity index (χ3v) is 5.53. The van der Waals surface area contributed by atoms with Crippen LogP contribution < -0.4 is 9.64 Å². The number of anilines is 1. The third-order valence-electron chi connectivity index (χ3n) is 4.64. The third kappa shape index (κ3) is 3.50. The smallest absolute Gasteiger partial charge is 0.166 e. The molecular weight excluding hydrogens is 348 g/mol. The normalized spacial score (nSPS) is 14.8. The highest BCUT2D eigenvalue weighted by Crippen LogP contribution is 2.28. The zero-order valence-corrected chi connectivity index (χ0v) is 15.8. The van der Waals surface area contributed by atoms with E-state index < -0.39 is 0 Å². The Kier molecular flexibility index (Phi) is 4.99. The standard InChI is InChI=1S/C19H22N4O2S/c1-13-17(20-6-5-18(13)24-2)12-26-19-21-15-4-3-14(11-16(15)22-19)23-7-9-25-10-8-23/h3-6,11H,7-10,12H2,1-2H3,(H,21,22). The van der Waals surface area contributed by atoms with Crippen LogP contribution in [0.3, 0.4) is 0 Å². The van der Waals surface area contributed by atoms with Crippen molar-refractivity contribution in [2.75, 3.05) is 38.3 Å². The van der Waals surface area contributed by atoms with E-state index in [1.54, 1.807) is 25.1 Å². The topological polar surface area (TPSA) is 63.3 Å². The van der Waals surface area contributed by atoms with Crippen molar-refractivity contribution < 1.29 is 9.47 Å². The molecule has 0 unspecified atom stereocenters. The molecule has 1 aliphatic heterocycles. The first-order valence-electron chi connectivity index (χ1n) is 8.68. The number of imidazole rings is 1. The summed E-state index contributed by atoms with van der Waals surface area (Å²) < 4.78 is 10.8. The molecule has 26 heavy (non-hydrogen) atoms. The molecule has 6 nitrogen and oxygen atoms in total. The van der Waals surface area contributed by atoms with Gasteiger partial charge in [0.25, 0.3) is 0 Å². The van der Waals surface area contributed by atoms with Gasteiger partial charge in [0.2, 0.25) is 0 Å². The van der Waals surface area contributed by atoms with Crippen molar-refractivity contribution in [2.45, 2.75) is 17.8 Å². The minimum atomic E-state index is 0.749. The lowest BCUT2D eigenvalue weighted by Gasteiger charge is -2.28. The molecule has 0 atom stereocenters. The van der Waals surface area contributed by atoms with Crippen LogP contribution in [0, 0.1) is 6.92 Å². The molecule has 7 heteroatoms.